The van der Waals surface area contributed by atoms with Crippen molar-refractivity contribution in [1.29, 1.82) is 0 Å². The van der Waals surface area contributed by atoms with Gasteiger partial charge in [-0.3, -0.25) is 18.7 Å². The molecule has 1 aromatic heterocycles. The molecule has 28 heavy (non-hydrogen) atoms. The molecular formula is C17H17Cl2N3O6. The number of benzene rings is 1. The third-order valence-corrected chi connectivity index (χ3v) is 4.39. The molecule has 0 fully saturated rings. The van der Waals surface area contributed by atoms with Crippen LogP contribution >= 0.6 is 23.2 Å². The maximum Gasteiger partial charge on any atom is 0.347 e. The lowest BCUT2D eigenvalue weighted by Gasteiger charge is -2.15. The fourth-order valence-corrected chi connectivity index (χ4v) is 2.71. The average Bonchev–Trinajstić information content (AvgIpc) is 2.65. The molecule has 1 atom stereocenters. The Morgan fingerprint density at radius 2 is 1.82 bits per heavy atom. The van der Waals surface area contributed by atoms with E-state index < -0.39 is 41.3 Å². The van der Waals surface area contributed by atoms with Crippen LogP contribution in [0.25, 0.3) is 0 Å². The van der Waals surface area contributed by atoms with Crippen molar-refractivity contribution in [3.63, 3.8) is 0 Å². The minimum Gasteiger partial charge on any atom is -0.477 e. The topological polar surface area (TPSA) is 123 Å². The van der Waals surface area contributed by atoms with Gasteiger partial charge in [-0.1, -0.05) is 23.2 Å². The largest absolute Gasteiger partial charge is 0.477 e. The first kappa shape index (κ1) is 21.5. The molecule has 1 aromatic carbocycles. The highest BCUT2D eigenvalue weighted by molar-refractivity contribution is 6.35. The molecule has 0 amide bonds. The first-order chi connectivity index (χ1) is 13.0. The predicted octanol–water partition coefficient (Wildman–Crippen LogP) is 1.17. The number of rotatable bonds is 6. The standard InChI is InChI=1S/C17H17Cl2N3O6/c1-8(28-12-5-4-9(18)6-10(12)19)16(25)27-7-11(23)13-14(20)21(2)17(26)22(3)15(13)24/h4-6,8H,7,20H2,1-3H3/t8-/m0/s1. The van der Waals surface area contributed by atoms with Gasteiger partial charge in [0, 0.05) is 19.1 Å². The summed E-state index contributed by atoms with van der Waals surface area (Å²) in [4.78, 5) is 48.3. The Morgan fingerprint density at radius 3 is 2.43 bits per heavy atom. The molecule has 0 aliphatic heterocycles. The van der Waals surface area contributed by atoms with E-state index in [-0.39, 0.29) is 16.6 Å². The number of nitrogens with two attached hydrogens (primary N) is 1. The quantitative estimate of drug-likeness (QED) is 0.539. The molecule has 11 heteroatoms. The molecule has 0 aliphatic rings. The average molecular weight is 430 g/mol. The number of carbonyl (C=O) groups excluding carboxylic acids is 2. The summed E-state index contributed by atoms with van der Waals surface area (Å²) in [6, 6.07) is 4.45. The first-order valence-corrected chi connectivity index (χ1v) is 8.67. The predicted molar refractivity (Wildman–Crippen MR) is 103 cm³/mol. The maximum absolute atomic E-state index is 12.3. The van der Waals surface area contributed by atoms with Crippen LogP contribution < -0.4 is 21.7 Å². The summed E-state index contributed by atoms with van der Waals surface area (Å²) in [5, 5.41) is 0.597. The highest BCUT2D eigenvalue weighted by Crippen LogP contribution is 2.28. The van der Waals surface area contributed by atoms with Gasteiger partial charge in [0.05, 0.1) is 5.02 Å². The lowest BCUT2D eigenvalue weighted by molar-refractivity contribution is -0.149. The Kier molecular flexibility index (Phi) is 6.52. The Labute approximate surface area is 169 Å². The SMILES string of the molecule is C[C@H](Oc1ccc(Cl)cc1Cl)C(=O)OCC(=O)c1c(N)n(C)c(=O)n(C)c1=O. The normalized spacial score (nSPS) is 11.8. The van der Waals surface area contributed by atoms with Crippen LogP contribution in [0.15, 0.2) is 27.8 Å². The number of nitrogens with zero attached hydrogens (tertiary/aromatic N) is 2. The van der Waals surface area contributed by atoms with Gasteiger partial charge in [-0.15, -0.1) is 0 Å². The number of ketones is 1. The van der Waals surface area contributed by atoms with Crippen LogP contribution in [0, 0.1) is 0 Å². The van der Waals surface area contributed by atoms with Crippen molar-refractivity contribution in [1.82, 2.24) is 9.13 Å². The smallest absolute Gasteiger partial charge is 0.347 e. The fraction of sp³-hybridized carbons (Fsp3) is 0.294. The van der Waals surface area contributed by atoms with Crippen molar-refractivity contribution in [2.75, 3.05) is 12.3 Å². The van der Waals surface area contributed by atoms with Crippen LogP contribution in [0.4, 0.5) is 5.82 Å². The molecule has 0 bridgehead atoms. The van der Waals surface area contributed by atoms with Crippen molar-refractivity contribution in [2.24, 2.45) is 14.1 Å². The summed E-state index contributed by atoms with van der Waals surface area (Å²) in [5.41, 5.74) is 3.69. The molecule has 2 aromatic rings. The van der Waals surface area contributed by atoms with E-state index in [1.165, 1.54) is 39.2 Å². The Morgan fingerprint density at radius 1 is 1.18 bits per heavy atom. The van der Waals surface area contributed by atoms with E-state index in [0.29, 0.717) is 5.02 Å². The monoisotopic (exact) mass is 429 g/mol. The summed E-state index contributed by atoms with van der Waals surface area (Å²) in [6.07, 6.45) is -1.09. The first-order valence-electron chi connectivity index (χ1n) is 7.91. The summed E-state index contributed by atoms with van der Waals surface area (Å²) in [6.45, 7) is 0.649. The molecule has 2 N–H and O–H groups in total. The van der Waals surface area contributed by atoms with Crippen LogP contribution in [0.3, 0.4) is 0 Å². The zero-order valence-corrected chi connectivity index (χ0v) is 16.7. The minimum absolute atomic E-state index is 0.199. The number of ether oxygens (including phenoxy) is 2. The number of anilines is 1. The third-order valence-electron chi connectivity index (χ3n) is 3.86. The molecule has 0 aliphatic carbocycles. The molecular weight excluding hydrogens is 413 g/mol. The number of hydrogen-bond acceptors (Lipinski definition) is 7. The second-order valence-corrected chi connectivity index (χ2v) is 6.68. The minimum atomic E-state index is -1.09. The van der Waals surface area contributed by atoms with Crippen LogP contribution in [0.1, 0.15) is 17.3 Å². The highest BCUT2D eigenvalue weighted by atomic mass is 35.5. The van der Waals surface area contributed by atoms with Gasteiger partial charge >= 0.3 is 11.7 Å². The molecule has 1 heterocycles. The second kappa shape index (κ2) is 8.49. The number of esters is 1. The molecule has 0 spiro atoms. The summed E-state index contributed by atoms with van der Waals surface area (Å²) >= 11 is 11.8. The Hall–Kier alpha value is -2.78. The van der Waals surface area contributed by atoms with E-state index in [1.54, 1.807) is 0 Å². The second-order valence-electron chi connectivity index (χ2n) is 5.83. The number of aromatic nitrogens is 2. The van der Waals surface area contributed by atoms with E-state index in [9.17, 15) is 19.2 Å². The molecule has 9 nitrogen and oxygen atoms in total. The van der Waals surface area contributed by atoms with Crippen molar-refractivity contribution in [3.8, 4) is 5.75 Å². The van der Waals surface area contributed by atoms with Gasteiger partial charge in [0.15, 0.2) is 12.7 Å². The van der Waals surface area contributed by atoms with Gasteiger partial charge in [-0.2, -0.15) is 0 Å². The van der Waals surface area contributed by atoms with E-state index in [0.717, 1.165) is 9.13 Å². The van der Waals surface area contributed by atoms with Crippen molar-refractivity contribution < 1.29 is 19.1 Å². The number of carbonyl (C=O) groups is 2. The summed E-state index contributed by atoms with van der Waals surface area (Å²) in [5.74, 6) is -1.82. The third kappa shape index (κ3) is 4.37. The molecule has 0 radical (unpaired) electrons. The van der Waals surface area contributed by atoms with Gasteiger partial charge in [-0.05, 0) is 25.1 Å². The van der Waals surface area contributed by atoms with Crippen LogP contribution in [-0.2, 0) is 23.6 Å². The number of halogens is 2. The van der Waals surface area contributed by atoms with Gasteiger partial charge in [0.2, 0.25) is 5.78 Å². The zero-order chi connectivity index (χ0) is 21.2. The van der Waals surface area contributed by atoms with Gasteiger partial charge in [-0.25, -0.2) is 9.59 Å². The number of Topliss-reactive ketones (excluding diaryl/α,β-unsaturated/α-hetero) is 1. The molecule has 0 saturated heterocycles. The van der Waals surface area contributed by atoms with Gasteiger partial charge in [0.25, 0.3) is 5.56 Å². The summed E-state index contributed by atoms with van der Waals surface area (Å²) in [7, 11) is 2.52. The van der Waals surface area contributed by atoms with Crippen LogP contribution in [-0.4, -0.2) is 33.6 Å². The molecule has 0 saturated carbocycles. The van der Waals surface area contributed by atoms with Gasteiger partial charge < -0.3 is 15.2 Å². The molecule has 2 rings (SSSR count). The Bertz CT molecular complexity index is 1060. The van der Waals surface area contributed by atoms with Gasteiger partial charge in [0.1, 0.15) is 17.1 Å². The lowest BCUT2D eigenvalue weighted by Crippen LogP contribution is -2.42. The van der Waals surface area contributed by atoms with Crippen molar-refractivity contribution >= 4 is 40.8 Å². The number of hydrogen-bond donors (Lipinski definition) is 1. The van der Waals surface area contributed by atoms with E-state index in [2.05, 4.69) is 0 Å². The fourth-order valence-electron chi connectivity index (χ4n) is 2.26. The van der Waals surface area contributed by atoms with Crippen molar-refractivity contribution in [3.05, 3.63) is 54.6 Å². The van der Waals surface area contributed by atoms with Crippen LogP contribution in [0.5, 0.6) is 5.75 Å². The van der Waals surface area contributed by atoms with E-state index in [1.807, 2.05) is 0 Å². The highest BCUT2D eigenvalue weighted by Gasteiger charge is 2.24. The maximum atomic E-state index is 12.3. The number of nitrogen functional groups attached to an aromatic ring is 1. The summed E-state index contributed by atoms with van der Waals surface area (Å²) < 4.78 is 12.0. The zero-order valence-electron chi connectivity index (χ0n) is 15.2. The van der Waals surface area contributed by atoms with E-state index >= 15 is 0 Å². The van der Waals surface area contributed by atoms with E-state index in [4.69, 9.17) is 38.4 Å². The molecule has 150 valence electrons. The lowest BCUT2D eigenvalue weighted by atomic mass is 10.2. The Balaban J connectivity index is 2.09. The molecule has 0 unspecified atom stereocenters. The van der Waals surface area contributed by atoms with Crippen LogP contribution in [0.2, 0.25) is 10.0 Å². The van der Waals surface area contributed by atoms with Crippen molar-refractivity contribution in [2.45, 2.75) is 13.0 Å².